The van der Waals surface area contributed by atoms with Crippen LogP contribution in [0.25, 0.3) is 0 Å². The lowest BCUT2D eigenvalue weighted by Gasteiger charge is -2.32. The first-order valence-corrected chi connectivity index (χ1v) is 6.65. The summed E-state index contributed by atoms with van der Waals surface area (Å²) in [6.45, 7) is 6.16. The Morgan fingerprint density at radius 2 is 1.95 bits per heavy atom. The summed E-state index contributed by atoms with van der Waals surface area (Å²) in [6, 6.07) is 0.224. The van der Waals surface area contributed by atoms with E-state index in [1.807, 2.05) is 0 Å². The zero-order valence-electron chi connectivity index (χ0n) is 11.3. The van der Waals surface area contributed by atoms with Gasteiger partial charge in [0.2, 0.25) is 11.2 Å². The van der Waals surface area contributed by atoms with Gasteiger partial charge < -0.3 is 15.0 Å². The molecule has 0 amide bonds. The van der Waals surface area contributed by atoms with Crippen molar-refractivity contribution >= 4 is 17.5 Å². The van der Waals surface area contributed by atoms with Crippen molar-refractivity contribution in [3.63, 3.8) is 0 Å². The molecule has 19 heavy (non-hydrogen) atoms. The smallest absolute Gasteiger partial charge is 0.322 e. The highest BCUT2D eigenvalue weighted by Gasteiger charge is 2.13. The zero-order chi connectivity index (χ0) is 13.7. The van der Waals surface area contributed by atoms with E-state index in [1.54, 1.807) is 0 Å². The van der Waals surface area contributed by atoms with Gasteiger partial charge in [0.1, 0.15) is 0 Å². The van der Waals surface area contributed by atoms with E-state index in [0.29, 0.717) is 5.95 Å². The predicted molar refractivity (Wildman–Crippen MR) is 73.8 cm³/mol. The molecule has 7 nitrogen and oxygen atoms in total. The highest BCUT2D eigenvalue weighted by atomic mass is 35.5. The average Bonchev–Trinajstić information content (AvgIpc) is 2.40. The van der Waals surface area contributed by atoms with Gasteiger partial charge in [0.05, 0.1) is 7.11 Å². The van der Waals surface area contributed by atoms with Gasteiger partial charge >= 0.3 is 6.01 Å². The third-order valence-corrected chi connectivity index (χ3v) is 3.25. The van der Waals surface area contributed by atoms with Crippen LogP contribution in [0.4, 0.5) is 5.95 Å². The summed E-state index contributed by atoms with van der Waals surface area (Å²) in [5.74, 6) is 0.450. The van der Waals surface area contributed by atoms with Crippen molar-refractivity contribution < 1.29 is 4.74 Å². The van der Waals surface area contributed by atoms with E-state index in [4.69, 9.17) is 16.3 Å². The molecule has 2 heterocycles. The van der Waals surface area contributed by atoms with Crippen molar-refractivity contribution in [2.24, 2.45) is 0 Å². The number of rotatable bonds is 5. The van der Waals surface area contributed by atoms with Gasteiger partial charge in [0, 0.05) is 39.3 Å². The van der Waals surface area contributed by atoms with Crippen molar-refractivity contribution in [2.45, 2.75) is 0 Å². The summed E-state index contributed by atoms with van der Waals surface area (Å²) < 4.78 is 4.94. The number of nitrogens with zero attached hydrogens (tertiary/aromatic N) is 5. The van der Waals surface area contributed by atoms with Crippen LogP contribution in [0.15, 0.2) is 0 Å². The molecular formula is C11H19ClN6O. The molecule has 1 aromatic rings. The van der Waals surface area contributed by atoms with Crippen molar-refractivity contribution in [3.05, 3.63) is 5.28 Å². The van der Waals surface area contributed by atoms with Crippen molar-refractivity contribution in [1.82, 2.24) is 24.8 Å². The number of aromatic nitrogens is 3. The molecule has 1 aliphatic rings. The van der Waals surface area contributed by atoms with Gasteiger partial charge in [-0.25, -0.2) is 0 Å². The Kier molecular flexibility index (Phi) is 5.12. The van der Waals surface area contributed by atoms with Crippen LogP contribution in [0.2, 0.25) is 5.28 Å². The molecule has 2 rings (SSSR count). The van der Waals surface area contributed by atoms with Gasteiger partial charge in [-0.3, -0.25) is 4.90 Å². The molecule has 0 aromatic carbocycles. The van der Waals surface area contributed by atoms with E-state index < -0.39 is 0 Å². The summed E-state index contributed by atoms with van der Waals surface area (Å²) in [4.78, 5) is 16.6. The number of hydrogen-bond donors (Lipinski definition) is 1. The Hall–Kier alpha value is -1.18. The average molecular weight is 287 g/mol. The van der Waals surface area contributed by atoms with Crippen LogP contribution >= 0.6 is 11.6 Å². The fourth-order valence-corrected chi connectivity index (χ4v) is 2.05. The van der Waals surface area contributed by atoms with Gasteiger partial charge in [-0.05, 0) is 18.6 Å². The third-order valence-electron chi connectivity index (χ3n) is 3.08. The topological polar surface area (TPSA) is 66.4 Å². The first-order chi connectivity index (χ1) is 9.17. The predicted octanol–water partition coefficient (Wildman–Crippen LogP) is 0.193. The van der Waals surface area contributed by atoms with Crippen molar-refractivity contribution in [1.29, 1.82) is 0 Å². The fraction of sp³-hybridized carbons (Fsp3) is 0.727. The fourth-order valence-electron chi connectivity index (χ4n) is 1.90. The van der Waals surface area contributed by atoms with E-state index in [9.17, 15) is 0 Å². The molecule has 0 unspecified atom stereocenters. The van der Waals surface area contributed by atoms with Crippen LogP contribution in [0.3, 0.4) is 0 Å². The molecule has 8 heteroatoms. The highest BCUT2D eigenvalue weighted by Crippen LogP contribution is 2.10. The minimum Gasteiger partial charge on any atom is -0.467 e. The minimum atomic E-state index is 0.133. The maximum absolute atomic E-state index is 5.77. The molecule has 1 N–H and O–H groups in total. The molecule has 1 aromatic heterocycles. The van der Waals surface area contributed by atoms with E-state index in [2.05, 4.69) is 37.1 Å². The summed E-state index contributed by atoms with van der Waals surface area (Å²) >= 11 is 5.77. The number of ether oxygens (including phenoxy) is 1. The number of halogens is 1. The number of likely N-dealkylation sites (N-methyl/N-ethyl adjacent to an activating group) is 1. The van der Waals surface area contributed by atoms with E-state index in [-0.39, 0.29) is 11.3 Å². The lowest BCUT2D eigenvalue weighted by Crippen LogP contribution is -2.45. The third kappa shape index (κ3) is 4.45. The Balaban J connectivity index is 1.77. The first kappa shape index (κ1) is 14.2. The van der Waals surface area contributed by atoms with Crippen LogP contribution in [0.5, 0.6) is 6.01 Å². The standard InChI is InChI=1S/C11H19ClN6O/c1-17-5-7-18(8-6-17)4-3-13-10-14-9(12)15-11(16-10)19-2/h3-8H2,1-2H3,(H,13,14,15,16). The van der Waals surface area contributed by atoms with E-state index in [1.165, 1.54) is 7.11 Å². The second-order valence-electron chi connectivity index (χ2n) is 4.49. The van der Waals surface area contributed by atoms with Crippen molar-refractivity contribution in [3.8, 4) is 6.01 Å². The zero-order valence-corrected chi connectivity index (χ0v) is 12.0. The summed E-state index contributed by atoms with van der Waals surface area (Å²) in [6.07, 6.45) is 0. The maximum atomic E-state index is 5.77. The largest absolute Gasteiger partial charge is 0.467 e. The summed E-state index contributed by atoms with van der Waals surface area (Å²) in [5.41, 5.74) is 0. The molecule has 0 spiro atoms. The first-order valence-electron chi connectivity index (χ1n) is 6.27. The number of methoxy groups -OCH3 is 1. The highest BCUT2D eigenvalue weighted by molar-refractivity contribution is 6.28. The SMILES string of the molecule is COc1nc(Cl)nc(NCCN2CCN(C)CC2)n1. The summed E-state index contributed by atoms with van der Waals surface area (Å²) in [7, 11) is 3.65. The Bertz CT molecular complexity index is 410. The monoisotopic (exact) mass is 286 g/mol. The maximum Gasteiger partial charge on any atom is 0.322 e. The van der Waals surface area contributed by atoms with E-state index in [0.717, 1.165) is 39.3 Å². The Morgan fingerprint density at radius 1 is 1.21 bits per heavy atom. The van der Waals surface area contributed by atoms with Crippen LogP contribution in [-0.2, 0) is 0 Å². The summed E-state index contributed by atoms with van der Waals surface area (Å²) in [5, 5.41) is 3.27. The number of anilines is 1. The molecule has 1 fully saturated rings. The molecule has 1 saturated heterocycles. The Morgan fingerprint density at radius 3 is 2.63 bits per heavy atom. The van der Waals surface area contributed by atoms with Gasteiger partial charge in [-0.15, -0.1) is 0 Å². The number of hydrogen-bond acceptors (Lipinski definition) is 7. The van der Waals surface area contributed by atoms with Crippen LogP contribution in [0, 0.1) is 0 Å². The second kappa shape index (κ2) is 6.83. The molecule has 0 atom stereocenters. The molecular weight excluding hydrogens is 268 g/mol. The molecule has 1 aliphatic heterocycles. The van der Waals surface area contributed by atoms with Gasteiger partial charge in [-0.2, -0.15) is 15.0 Å². The van der Waals surface area contributed by atoms with Gasteiger partial charge in [-0.1, -0.05) is 0 Å². The lowest BCUT2D eigenvalue weighted by molar-refractivity contribution is 0.158. The second-order valence-corrected chi connectivity index (χ2v) is 4.82. The van der Waals surface area contributed by atoms with Crippen LogP contribution in [0.1, 0.15) is 0 Å². The number of nitrogens with one attached hydrogen (secondary N) is 1. The lowest BCUT2D eigenvalue weighted by atomic mass is 10.3. The number of piperazine rings is 1. The van der Waals surface area contributed by atoms with Gasteiger partial charge in [0.15, 0.2) is 0 Å². The van der Waals surface area contributed by atoms with Crippen molar-refractivity contribution in [2.75, 3.05) is 58.7 Å². The van der Waals surface area contributed by atoms with Crippen LogP contribution in [-0.4, -0.2) is 78.2 Å². The molecule has 0 bridgehead atoms. The van der Waals surface area contributed by atoms with Gasteiger partial charge in [0.25, 0.3) is 0 Å². The molecule has 0 radical (unpaired) electrons. The Labute approximate surface area is 117 Å². The molecule has 0 saturated carbocycles. The van der Waals surface area contributed by atoms with E-state index >= 15 is 0 Å². The quantitative estimate of drug-likeness (QED) is 0.829. The molecule has 0 aliphatic carbocycles. The molecule has 106 valence electrons. The van der Waals surface area contributed by atoms with Crippen LogP contribution < -0.4 is 10.1 Å². The normalized spacial score (nSPS) is 17.4. The minimum absolute atomic E-state index is 0.133.